The Morgan fingerprint density at radius 2 is 1.90 bits per heavy atom. The number of Topliss-reactive ketones (excluding diaryl/α,β-unsaturated/α-hetero) is 1. The number of rotatable bonds is 2. The molecule has 20 heavy (non-hydrogen) atoms. The first-order chi connectivity index (χ1) is 9.58. The molecule has 1 amide bonds. The highest BCUT2D eigenvalue weighted by Gasteiger charge is 2.37. The van der Waals surface area contributed by atoms with E-state index in [1.807, 2.05) is 0 Å². The maximum absolute atomic E-state index is 13.6. The van der Waals surface area contributed by atoms with Crippen molar-refractivity contribution in [1.29, 1.82) is 0 Å². The van der Waals surface area contributed by atoms with Crippen molar-refractivity contribution in [2.24, 2.45) is 0 Å². The number of anilines is 1. The molecule has 1 aliphatic rings. The average molecular weight is 336 g/mol. The van der Waals surface area contributed by atoms with Crippen LogP contribution in [0.3, 0.4) is 0 Å². The standard InChI is InChI=1S/C13H7BrFN3O2/c14-8-4-7-10(5-9(8)15)18(13(20)12(7)19)6-11-16-2-1-3-17-11/h1-5H,6H2. The van der Waals surface area contributed by atoms with Crippen LogP contribution in [0.25, 0.3) is 0 Å². The number of carbonyl (C=O) groups excluding carboxylic acids is 2. The van der Waals surface area contributed by atoms with E-state index < -0.39 is 17.5 Å². The van der Waals surface area contributed by atoms with Crippen LogP contribution in [0.15, 0.2) is 35.1 Å². The normalized spacial score (nSPS) is 13.8. The molecule has 1 aromatic carbocycles. The summed E-state index contributed by atoms with van der Waals surface area (Å²) in [6.45, 7) is 0.0273. The van der Waals surface area contributed by atoms with E-state index >= 15 is 0 Å². The summed E-state index contributed by atoms with van der Waals surface area (Å²) >= 11 is 3.00. The molecule has 0 aliphatic carbocycles. The van der Waals surface area contributed by atoms with Gasteiger partial charge in [-0.3, -0.25) is 14.5 Å². The van der Waals surface area contributed by atoms with Crippen molar-refractivity contribution < 1.29 is 14.0 Å². The second-order valence-electron chi connectivity index (χ2n) is 4.17. The van der Waals surface area contributed by atoms with Crippen molar-refractivity contribution >= 4 is 33.3 Å². The van der Waals surface area contributed by atoms with E-state index in [4.69, 9.17) is 0 Å². The molecule has 2 heterocycles. The molecule has 0 unspecified atom stereocenters. The predicted molar refractivity (Wildman–Crippen MR) is 71.7 cm³/mol. The molecule has 3 rings (SSSR count). The van der Waals surface area contributed by atoms with Crippen LogP contribution in [0.5, 0.6) is 0 Å². The summed E-state index contributed by atoms with van der Waals surface area (Å²) in [5, 5.41) is 0. The van der Waals surface area contributed by atoms with E-state index in [-0.39, 0.29) is 22.3 Å². The molecule has 0 radical (unpaired) electrons. The van der Waals surface area contributed by atoms with Gasteiger partial charge >= 0.3 is 0 Å². The number of hydrogen-bond donors (Lipinski definition) is 0. The van der Waals surface area contributed by atoms with Gasteiger partial charge in [0.25, 0.3) is 11.7 Å². The van der Waals surface area contributed by atoms with Crippen LogP contribution >= 0.6 is 15.9 Å². The molecule has 0 spiro atoms. The SMILES string of the molecule is O=C1C(=O)N(Cc2ncccn2)c2cc(F)c(Br)cc21. The second-order valence-corrected chi connectivity index (χ2v) is 5.02. The molecule has 1 aromatic heterocycles. The first-order valence-electron chi connectivity index (χ1n) is 5.69. The number of hydrogen-bond acceptors (Lipinski definition) is 4. The summed E-state index contributed by atoms with van der Waals surface area (Å²) in [7, 11) is 0. The lowest BCUT2D eigenvalue weighted by molar-refractivity contribution is -0.114. The lowest BCUT2D eigenvalue weighted by atomic mass is 10.1. The molecule has 0 fully saturated rings. The smallest absolute Gasteiger partial charge is 0.297 e. The molecule has 0 bridgehead atoms. The number of halogens is 2. The molecule has 5 nitrogen and oxygen atoms in total. The zero-order chi connectivity index (χ0) is 14.3. The number of carbonyl (C=O) groups is 2. The van der Waals surface area contributed by atoms with Crippen molar-refractivity contribution in [3.63, 3.8) is 0 Å². The van der Waals surface area contributed by atoms with Gasteiger partial charge in [-0.1, -0.05) is 0 Å². The topological polar surface area (TPSA) is 63.2 Å². The van der Waals surface area contributed by atoms with Gasteiger partial charge in [0.15, 0.2) is 0 Å². The quantitative estimate of drug-likeness (QED) is 0.788. The maximum atomic E-state index is 13.6. The second kappa shape index (κ2) is 4.75. The van der Waals surface area contributed by atoms with Crippen LogP contribution in [-0.2, 0) is 11.3 Å². The number of aromatic nitrogens is 2. The maximum Gasteiger partial charge on any atom is 0.299 e. The van der Waals surface area contributed by atoms with Crippen LogP contribution in [0.4, 0.5) is 10.1 Å². The van der Waals surface area contributed by atoms with Crippen molar-refractivity contribution in [2.45, 2.75) is 6.54 Å². The van der Waals surface area contributed by atoms with Crippen LogP contribution < -0.4 is 4.90 Å². The third-order valence-electron chi connectivity index (χ3n) is 2.93. The largest absolute Gasteiger partial charge is 0.299 e. The fourth-order valence-electron chi connectivity index (χ4n) is 2.00. The highest BCUT2D eigenvalue weighted by molar-refractivity contribution is 9.10. The van der Waals surface area contributed by atoms with Gasteiger partial charge in [0.1, 0.15) is 11.6 Å². The third kappa shape index (κ3) is 2.00. The molecule has 100 valence electrons. The van der Waals surface area contributed by atoms with Gasteiger partial charge < -0.3 is 0 Å². The average Bonchev–Trinajstić information content (AvgIpc) is 2.66. The molecule has 0 atom stereocenters. The van der Waals surface area contributed by atoms with Gasteiger partial charge in [-0.2, -0.15) is 0 Å². The Bertz CT molecular complexity index is 721. The van der Waals surface area contributed by atoms with E-state index in [9.17, 15) is 14.0 Å². The number of benzene rings is 1. The Labute approximate surface area is 121 Å². The van der Waals surface area contributed by atoms with E-state index in [0.717, 1.165) is 6.07 Å². The van der Waals surface area contributed by atoms with Crippen molar-refractivity contribution in [3.05, 3.63) is 52.3 Å². The molecule has 7 heteroatoms. The third-order valence-corrected chi connectivity index (χ3v) is 3.54. The zero-order valence-electron chi connectivity index (χ0n) is 10.0. The molecule has 0 N–H and O–H groups in total. The lowest BCUT2D eigenvalue weighted by Crippen LogP contribution is -2.29. The highest BCUT2D eigenvalue weighted by Crippen LogP contribution is 2.33. The van der Waals surface area contributed by atoms with Crippen LogP contribution in [0, 0.1) is 5.82 Å². The number of nitrogens with zero attached hydrogens (tertiary/aromatic N) is 3. The van der Waals surface area contributed by atoms with E-state index in [1.54, 1.807) is 6.07 Å². The molecular weight excluding hydrogens is 329 g/mol. The van der Waals surface area contributed by atoms with E-state index in [2.05, 4.69) is 25.9 Å². The van der Waals surface area contributed by atoms with Crippen LogP contribution in [0.1, 0.15) is 16.2 Å². The number of ketones is 1. The molecule has 1 aliphatic heterocycles. The fraction of sp³-hybridized carbons (Fsp3) is 0.0769. The minimum Gasteiger partial charge on any atom is -0.297 e. The van der Waals surface area contributed by atoms with Gasteiger partial charge in [0, 0.05) is 12.4 Å². The van der Waals surface area contributed by atoms with Gasteiger partial charge in [-0.15, -0.1) is 0 Å². The lowest BCUT2D eigenvalue weighted by Gasteiger charge is -2.15. The summed E-state index contributed by atoms with van der Waals surface area (Å²) in [5.41, 5.74) is 0.423. The Morgan fingerprint density at radius 3 is 2.60 bits per heavy atom. The van der Waals surface area contributed by atoms with Crippen molar-refractivity contribution in [2.75, 3.05) is 4.90 Å². The minimum atomic E-state index is -0.704. The van der Waals surface area contributed by atoms with Crippen LogP contribution in [0.2, 0.25) is 0 Å². The first kappa shape index (κ1) is 12.9. The summed E-state index contributed by atoms with van der Waals surface area (Å²) in [4.78, 5) is 33.0. The van der Waals surface area contributed by atoms with E-state index in [1.165, 1.54) is 23.4 Å². The van der Waals surface area contributed by atoms with Gasteiger partial charge in [-0.25, -0.2) is 14.4 Å². The Kier molecular flexibility index (Phi) is 3.06. The Morgan fingerprint density at radius 1 is 1.20 bits per heavy atom. The Hall–Kier alpha value is -2.15. The molecule has 2 aromatic rings. The Balaban J connectivity index is 2.04. The van der Waals surface area contributed by atoms with Crippen LogP contribution in [-0.4, -0.2) is 21.7 Å². The minimum absolute atomic E-state index is 0.0273. The van der Waals surface area contributed by atoms with E-state index in [0.29, 0.717) is 5.82 Å². The summed E-state index contributed by atoms with van der Waals surface area (Å²) in [6.07, 6.45) is 3.07. The summed E-state index contributed by atoms with van der Waals surface area (Å²) < 4.78 is 13.8. The predicted octanol–water partition coefficient (Wildman–Crippen LogP) is 2.11. The van der Waals surface area contributed by atoms with Gasteiger partial charge in [-0.05, 0) is 34.1 Å². The van der Waals surface area contributed by atoms with Gasteiger partial charge in [0.2, 0.25) is 0 Å². The van der Waals surface area contributed by atoms with Crippen molar-refractivity contribution in [1.82, 2.24) is 9.97 Å². The summed E-state index contributed by atoms with van der Waals surface area (Å²) in [6, 6.07) is 4.12. The fourth-order valence-corrected chi connectivity index (χ4v) is 2.34. The van der Waals surface area contributed by atoms with Gasteiger partial charge in [0.05, 0.1) is 22.3 Å². The monoisotopic (exact) mass is 335 g/mol. The molecule has 0 saturated carbocycles. The first-order valence-corrected chi connectivity index (χ1v) is 6.48. The molecule has 0 saturated heterocycles. The zero-order valence-corrected chi connectivity index (χ0v) is 11.6. The number of amides is 1. The molecular formula is C13H7BrFN3O2. The number of fused-ring (bicyclic) bond motifs is 1. The van der Waals surface area contributed by atoms with Crippen molar-refractivity contribution in [3.8, 4) is 0 Å². The highest BCUT2D eigenvalue weighted by atomic mass is 79.9. The summed E-state index contributed by atoms with van der Waals surface area (Å²) in [5.74, 6) is -1.52.